The Labute approximate surface area is 223 Å². The predicted octanol–water partition coefficient (Wildman–Crippen LogP) is 4.12. The van der Waals surface area contributed by atoms with Gasteiger partial charge in [-0.05, 0) is 69.1 Å². The third-order valence-corrected chi connectivity index (χ3v) is 7.06. The van der Waals surface area contributed by atoms with E-state index in [1.165, 1.54) is 37.5 Å². The molecular weight excluding hydrogens is 511 g/mol. The zero-order valence-corrected chi connectivity index (χ0v) is 21.3. The first-order valence-electron chi connectivity index (χ1n) is 13.0. The maximum atomic E-state index is 12.9. The molecule has 206 valence electrons. The lowest BCUT2D eigenvalue weighted by Crippen LogP contribution is -2.39. The summed E-state index contributed by atoms with van der Waals surface area (Å²) >= 11 is 0. The number of carbonyl (C=O) groups is 1. The summed E-state index contributed by atoms with van der Waals surface area (Å²) in [6, 6.07) is 9.24. The van der Waals surface area contributed by atoms with E-state index in [0.29, 0.717) is 17.2 Å². The molecule has 1 aromatic carbocycles. The second-order valence-corrected chi connectivity index (χ2v) is 9.89. The van der Waals surface area contributed by atoms with Crippen LogP contribution >= 0.6 is 0 Å². The van der Waals surface area contributed by atoms with Gasteiger partial charge in [0.1, 0.15) is 18.1 Å². The van der Waals surface area contributed by atoms with Crippen LogP contribution in [0.25, 0.3) is 11.3 Å². The van der Waals surface area contributed by atoms with Gasteiger partial charge in [-0.1, -0.05) is 0 Å². The number of pyridine rings is 1. The molecule has 0 aliphatic carbocycles. The highest BCUT2D eigenvalue weighted by Crippen LogP contribution is 2.27. The fraction of sp³-hybridized carbons (Fsp3) is 0.407. The highest BCUT2D eigenvalue weighted by atomic mass is 19.4. The average molecular weight is 542 g/mol. The minimum atomic E-state index is -4.41. The molecule has 2 aliphatic rings. The van der Waals surface area contributed by atoms with Crippen molar-refractivity contribution in [1.82, 2.24) is 19.9 Å². The van der Waals surface area contributed by atoms with Gasteiger partial charge in [-0.15, -0.1) is 0 Å². The number of alkyl halides is 3. The summed E-state index contributed by atoms with van der Waals surface area (Å²) in [5.41, 5.74) is 1.55. The molecule has 2 aliphatic heterocycles. The van der Waals surface area contributed by atoms with Gasteiger partial charge < -0.3 is 25.4 Å². The fourth-order valence-electron chi connectivity index (χ4n) is 5.13. The molecule has 2 aromatic heterocycles. The third-order valence-electron chi connectivity index (χ3n) is 7.06. The Bertz CT molecular complexity index is 1350. The van der Waals surface area contributed by atoms with E-state index in [1.807, 2.05) is 12.1 Å². The van der Waals surface area contributed by atoms with Crippen LogP contribution in [-0.2, 0) is 0 Å². The van der Waals surface area contributed by atoms with E-state index >= 15 is 0 Å². The van der Waals surface area contributed by atoms with Crippen molar-refractivity contribution in [3.63, 3.8) is 0 Å². The topological polar surface area (TPSA) is 106 Å². The summed E-state index contributed by atoms with van der Waals surface area (Å²) in [6.45, 7) is 3.12. The third kappa shape index (κ3) is 6.75. The first-order chi connectivity index (χ1) is 18.7. The Balaban J connectivity index is 1.26. The predicted molar refractivity (Wildman–Crippen MR) is 143 cm³/mol. The van der Waals surface area contributed by atoms with E-state index < -0.39 is 24.2 Å². The Morgan fingerprint density at radius 1 is 1.08 bits per heavy atom. The zero-order chi connectivity index (χ0) is 27.4. The van der Waals surface area contributed by atoms with Crippen LogP contribution in [0.1, 0.15) is 36.0 Å². The van der Waals surface area contributed by atoms with Crippen molar-refractivity contribution in [2.75, 3.05) is 48.3 Å². The maximum Gasteiger partial charge on any atom is 0.405 e. The number of aromatic nitrogens is 3. The fourth-order valence-corrected chi connectivity index (χ4v) is 5.13. The van der Waals surface area contributed by atoms with Crippen molar-refractivity contribution < 1.29 is 18.0 Å². The summed E-state index contributed by atoms with van der Waals surface area (Å²) in [4.78, 5) is 40.9. The summed E-state index contributed by atoms with van der Waals surface area (Å²) < 4.78 is 37.6. The quantitative estimate of drug-likeness (QED) is 0.394. The number of likely N-dealkylation sites (tertiary alicyclic amines) is 1. The summed E-state index contributed by atoms with van der Waals surface area (Å²) in [5.74, 6) is -0.520. The Morgan fingerprint density at radius 3 is 2.59 bits per heavy atom. The second kappa shape index (κ2) is 11.4. The molecule has 0 radical (unpaired) electrons. The molecule has 39 heavy (non-hydrogen) atoms. The number of benzene rings is 1. The number of H-pyrrole nitrogens is 1. The van der Waals surface area contributed by atoms with Gasteiger partial charge in [-0.25, -0.2) is 4.98 Å². The van der Waals surface area contributed by atoms with Gasteiger partial charge in [0.25, 0.3) is 11.5 Å². The lowest BCUT2D eigenvalue weighted by Gasteiger charge is -2.30. The highest BCUT2D eigenvalue weighted by molar-refractivity contribution is 6.04. The van der Waals surface area contributed by atoms with Crippen LogP contribution in [0, 0.1) is 0 Å². The van der Waals surface area contributed by atoms with Crippen molar-refractivity contribution in [1.29, 1.82) is 0 Å². The van der Waals surface area contributed by atoms with Gasteiger partial charge in [-0.2, -0.15) is 13.2 Å². The van der Waals surface area contributed by atoms with Crippen LogP contribution in [0.2, 0.25) is 0 Å². The van der Waals surface area contributed by atoms with Crippen molar-refractivity contribution in [3.8, 4) is 11.3 Å². The minimum absolute atomic E-state index is 0.0118. The van der Waals surface area contributed by atoms with Crippen LogP contribution in [-0.4, -0.2) is 70.7 Å². The molecule has 1 atom stereocenters. The molecule has 0 bridgehead atoms. The normalized spacial score (nSPS) is 17.9. The SMILES string of the molecule is O=C(Nc1cc(-c2cncc(NCC(F)(F)F)n2)c[nH]c1=O)c1ccc(N2CCCC2CN2CCCC2)cc1. The van der Waals surface area contributed by atoms with Crippen molar-refractivity contribution in [2.24, 2.45) is 0 Å². The number of anilines is 3. The van der Waals surface area contributed by atoms with E-state index in [9.17, 15) is 22.8 Å². The zero-order valence-electron chi connectivity index (χ0n) is 21.3. The number of nitrogens with one attached hydrogen (secondary N) is 3. The van der Waals surface area contributed by atoms with Gasteiger partial charge in [0.05, 0.1) is 18.1 Å². The Kier molecular flexibility index (Phi) is 7.82. The molecule has 5 rings (SSSR count). The Hall–Kier alpha value is -3.93. The lowest BCUT2D eigenvalue weighted by molar-refractivity contribution is -0.115. The number of amides is 1. The molecule has 3 aromatic rings. The number of hydrogen-bond acceptors (Lipinski definition) is 7. The molecular formula is C27H30F3N7O2. The van der Waals surface area contributed by atoms with Gasteiger partial charge >= 0.3 is 6.18 Å². The van der Waals surface area contributed by atoms with Gasteiger partial charge in [-0.3, -0.25) is 14.6 Å². The number of nitrogens with zero attached hydrogens (tertiary/aromatic N) is 4. The molecule has 12 heteroatoms. The number of aromatic amines is 1. The molecule has 9 nitrogen and oxygen atoms in total. The maximum absolute atomic E-state index is 12.9. The molecule has 2 fully saturated rings. The second-order valence-electron chi connectivity index (χ2n) is 9.89. The molecule has 3 N–H and O–H groups in total. The minimum Gasteiger partial charge on any atom is -0.367 e. The smallest absolute Gasteiger partial charge is 0.367 e. The highest BCUT2D eigenvalue weighted by Gasteiger charge is 2.28. The van der Waals surface area contributed by atoms with Crippen molar-refractivity contribution >= 4 is 23.1 Å². The van der Waals surface area contributed by atoms with E-state index in [2.05, 4.69) is 35.4 Å². The first-order valence-corrected chi connectivity index (χ1v) is 13.0. The molecule has 0 spiro atoms. The number of halogens is 3. The summed E-state index contributed by atoms with van der Waals surface area (Å²) in [6.07, 6.45) is 4.31. The van der Waals surface area contributed by atoms with Crippen LogP contribution in [0.4, 0.5) is 30.4 Å². The van der Waals surface area contributed by atoms with Crippen LogP contribution in [0.15, 0.2) is 53.7 Å². The largest absolute Gasteiger partial charge is 0.405 e. The monoisotopic (exact) mass is 541 g/mol. The van der Waals surface area contributed by atoms with E-state index in [1.54, 1.807) is 12.1 Å². The molecule has 2 saturated heterocycles. The number of carbonyl (C=O) groups excluding carboxylic acids is 1. The summed E-state index contributed by atoms with van der Waals surface area (Å²) in [5, 5.41) is 4.80. The van der Waals surface area contributed by atoms with Gasteiger partial charge in [0, 0.05) is 42.1 Å². The van der Waals surface area contributed by atoms with E-state index in [-0.39, 0.29) is 17.2 Å². The molecule has 1 amide bonds. The van der Waals surface area contributed by atoms with Gasteiger partial charge in [0.2, 0.25) is 0 Å². The van der Waals surface area contributed by atoms with Crippen LogP contribution < -0.4 is 21.1 Å². The summed E-state index contributed by atoms with van der Waals surface area (Å²) in [7, 11) is 0. The van der Waals surface area contributed by atoms with E-state index in [4.69, 9.17) is 0 Å². The standard InChI is InChI=1S/C27H30F3N7O2/c28-27(29,30)17-33-24-15-31-14-23(34-24)19-12-22(26(39)32-13-19)35-25(38)18-5-7-20(8-6-18)37-11-3-4-21(37)16-36-9-1-2-10-36/h5-8,12-15,21H,1-4,9-11,16-17H2,(H,32,39)(H,33,34)(H,35,38). The van der Waals surface area contributed by atoms with Crippen LogP contribution in [0.5, 0.6) is 0 Å². The van der Waals surface area contributed by atoms with Crippen molar-refractivity contribution in [2.45, 2.75) is 37.9 Å². The van der Waals surface area contributed by atoms with Gasteiger partial charge in [0.15, 0.2) is 0 Å². The Morgan fingerprint density at radius 2 is 1.85 bits per heavy atom. The first kappa shape index (κ1) is 26.7. The number of rotatable bonds is 8. The van der Waals surface area contributed by atoms with Crippen LogP contribution in [0.3, 0.4) is 0 Å². The number of hydrogen-bond donors (Lipinski definition) is 3. The molecule has 1 unspecified atom stereocenters. The molecule has 0 saturated carbocycles. The van der Waals surface area contributed by atoms with Crippen molar-refractivity contribution in [3.05, 3.63) is 64.8 Å². The lowest BCUT2D eigenvalue weighted by atomic mass is 10.1. The van der Waals surface area contributed by atoms with E-state index in [0.717, 1.165) is 44.7 Å². The average Bonchev–Trinajstić information content (AvgIpc) is 3.61. The molecule has 4 heterocycles.